The van der Waals surface area contributed by atoms with Gasteiger partial charge in [0.25, 0.3) is 5.91 Å². The van der Waals surface area contributed by atoms with Crippen molar-refractivity contribution in [2.24, 2.45) is 0 Å². The fraction of sp³-hybridized carbons (Fsp3) is 0.100. The molecule has 0 atom stereocenters. The lowest BCUT2D eigenvalue weighted by molar-refractivity contribution is 0.102. The van der Waals surface area contributed by atoms with Gasteiger partial charge in [0.15, 0.2) is 5.65 Å². The van der Waals surface area contributed by atoms with Crippen LogP contribution in [-0.4, -0.2) is 30.7 Å². The molecule has 0 aliphatic rings. The number of aromatic nitrogens is 5. The molecular weight excluding hydrogens is 356 g/mol. The summed E-state index contributed by atoms with van der Waals surface area (Å²) >= 11 is 0. The average molecular weight is 372 g/mol. The quantitative estimate of drug-likeness (QED) is 0.502. The zero-order valence-corrected chi connectivity index (χ0v) is 15.2. The maximum atomic E-state index is 13.0. The Morgan fingerprint density at radius 3 is 2.93 bits per heavy atom. The molecule has 1 amide bonds. The molecule has 0 spiro atoms. The van der Waals surface area contributed by atoms with Gasteiger partial charge in [0, 0.05) is 22.3 Å². The lowest BCUT2D eigenvalue weighted by Gasteiger charge is -2.12. The molecule has 4 heterocycles. The van der Waals surface area contributed by atoms with Gasteiger partial charge in [-0.1, -0.05) is 0 Å². The number of furan rings is 1. The Morgan fingerprint density at radius 2 is 2.11 bits per heavy atom. The molecule has 2 N–H and O–H groups in total. The molecule has 8 nitrogen and oxygen atoms in total. The number of carbonyl (C=O) groups is 1. The number of hydrogen-bond acceptors (Lipinski definition) is 5. The molecule has 0 saturated heterocycles. The summed E-state index contributed by atoms with van der Waals surface area (Å²) in [6.07, 6.45) is 4.85. The first kappa shape index (κ1) is 16.2. The van der Waals surface area contributed by atoms with Crippen LogP contribution in [0.2, 0.25) is 0 Å². The molecule has 28 heavy (non-hydrogen) atoms. The van der Waals surface area contributed by atoms with Crippen LogP contribution in [0.4, 0.5) is 5.69 Å². The van der Waals surface area contributed by atoms with Crippen LogP contribution in [0.25, 0.3) is 27.8 Å². The minimum absolute atomic E-state index is 0.182. The van der Waals surface area contributed by atoms with E-state index in [1.165, 1.54) is 0 Å². The Labute approximate surface area is 159 Å². The topological polar surface area (TPSA) is 101 Å². The zero-order valence-electron chi connectivity index (χ0n) is 15.2. The van der Waals surface area contributed by atoms with Crippen LogP contribution < -0.4 is 5.32 Å². The molecule has 5 rings (SSSR count). The van der Waals surface area contributed by atoms with E-state index in [2.05, 4.69) is 25.7 Å². The molecule has 5 aromatic rings. The summed E-state index contributed by atoms with van der Waals surface area (Å²) in [4.78, 5) is 13.0. The van der Waals surface area contributed by atoms with Crippen LogP contribution in [0.1, 0.15) is 21.6 Å². The van der Waals surface area contributed by atoms with Crippen molar-refractivity contribution in [2.75, 3.05) is 5.32 Å². The van der Waals surface area contributed by atoms with E-state index in [4.69, 9.17) is 4.42 Å². The van der Waals surface area contributed by atoms with Gasteiger partial charge in [-0.05, 0) is 49.7 Å². The standard InChI is InChI=1S/C20H16N6O2/c1-11-7-17-24-21-10-26(17)12(2)18(11)20(27)22-14-3-4-16-15(8-14)19(25-23-16)13-5-6-28-9-13/h3-10H,1-2H3,(H,22,27)(H,23,25). The predicted molar refractivity (Wildman–Crippen MR) is 104 cm³/mol. The van der Waals surface area contributed by atoms with Gasteiger partial charge in [-0.25, -0.2) is 0 Å². The van der Waals surface area contributed by atoms with Crippen LogP contribution in [0.3, 0.4) is 0 Å². The number of fused-ring (bicyclic) bond motifs is 2. The largest absolute Gasteiger partial charge is 0.472 e. The number of hydrogen-bond donors (Lipinski definition) is 2. The third-order valence-corrected chi connectivity index (χ3v) is 4.88. The molecule has 0 fully saturated rings. The number of anilines is 1. The number of nitrogens with one attached hydrogen (secondary N) is 2. The Balaban J connectivity index is 1.53. The fourth-order valence-electron chi connectivity index (χ4n) is 3.52. The summed E-state index contributed by atoms with van der Waals surface area (Å²) < 4.78 is 6.96. The molecule has 0 aliphatic carbocycles. The maximum absolute atomic E-state index is 13.0. The summed E-state index contributed by atoms with van der Waals surface area (Å²) in [5.41, 5.74) is 6.18. The predicted octanol–water partition coefficient (Wildman–Crippen LogP) is 3.73. The van der Waals surface area contributed by atoms with E-state index in [-0.39, 0.29) is 5.91 Å². The number of carbonyl (C=O) groups excluding carboxylic acids is 1. The normalized spacial score (nSPS) is 11.4. The van der Waals surface area contributed by atoms with Gasteiger partial charge >= 0.3 is 0 Å². The molecule has 0 saturated carbocycles. The first-order chi connectivity index (χ1) is 13.6. The monoisotopic (exact) mass is 372 g/mol. The van der Waals surface area contributed by atoms with Crippen molar-refractivity contribution in [2.45, 2.75) is 13.8 Å². The number of aryl methyl sites for hydroxylation is 2. The number of benzene rings is 1. The first-order valence-electron chi connectivity index (χ1n) is 8.74. The molecule has 0 radical (unpaired) electrons. The minimum atomic E-state index is -0.182. The molecule has 8 heteroatoms. The minimum Gasteiger partial charge on any atom is -0.472 e. The number of amides is 1. The van der Waals surface area contributed by atoms with Crippen LogP contribution in [0.5, 0.6) is 0 Å². The second kappa shape index (κ2) is 6.05. The highest BCUT2D eigenvalue weighted by Crippen LogP contribution is 2.29. The van der Waals surface area contributed by atoms with Crippen LogP contribution >= 0.6 is 0 Å². The Bertz CT molecular complexity index is 1330. The molecule has 1 aromatic carbocycles. The highest BCUT2D eigenvalue weighted by atomic mass is 16.3. The number of H-pyrrole nitrogens is 1. The van der Waals surface area contributed by atoms with Crippen molar-refractivity contribution >= 4 is 28.1 Å². The van der Waals surface area contributed by atoms with Gasteiger partial charge in [-0.2, -0.15) is 5.10 Å². The van der Waals surface area contributed by atoms with Crippen molar-refractivity contribution < 1.29 is 9.21 Å². The van der Waals surface area contributed by atoms with E-state index >= 15 is 0 Å². The molecule has 0 aliphatic heterocycles. The number of aromatic amines is 1. The summed E-state index contributed by atoms with van der Waals surface area (Å²) in [7, 11) is 0. The summed E-state index contributed by atoms with van der Waals surface area (Å²) in [5.74, 6) is -0.182. The van der Waals surface area contributed by atoms with Crippen LogP contribution in [0, 0.1) is 13.8 Å². The van der Waals surface area contributed by atoms with Gasteiger partial charge in [-0.15, -0.1) is 10.2 Å². The molecule has 138 valence electrons. The highest BCUT2D eigenvalue weighted by molar-refractivity contribution is 6.07. The summed E-state index contributed by atoms with van der Waals surface area (Å²) in [5, 5.41) is 19.2. The number of pyridine rings is 1. The van der Waals surface area contributed by atoms with E-state index < -0.39 is 0 Å². The van der Waals surface area contributed by atoms with E-state index in [9.17, 15) is 4.79 Å². The van der Waals surface area contributed by atoms with E-state index in [0.29, 0.717) is 11.3 Å². The summed E-state index contributed by atoms with van der Waals surface area (Å²) in [6.45, 7) is 3.78. The first-order valence-corrected chi connectivity index (χ1v) is 8.74. The molecule has 4 aromatic heterocycles. The van der Waals surface area contributed by atoms with Crippen molar-refractivity contribution in [1.82, 2.24) is 24.8 Å². The molecule has 0 unspecified atom stereocenters. The SMILES string of the molecule is Cc1cc2nncn2c(C)c1C(=O)Nc1ccc2[nH]nc(-c3ccoc3)c2c1. The van der Waals surface area contributed by atoms with Gasteiger partial charge < -0.3 is 9.73 Å². The molecule has 0 bridgehead atoms. The van der Waals surface area contributed by atoms with Crippen LogP contribution in [-0.2, 0) is 0 Å². The van der Waals surface area contributed by atoms with Crippen molar-refractivity contribution in [1.29, 1.82) is 0 Å². The van der Waals surface area contributed by atoms with E-state index in [0.717, 1.165) is 39.1 Å². The van der Waals surface area contributed by atoms with Crippen molar-refractivity contribution in [3.8, 4) is 11.3 Å². The third kappa shape index (κ3) is 2.46. The van der Waals surface area contributed by atoms with Crippen molar-refractivity contribution in [3.05, 3.63) is 66.0 Å². The smallest absolute Gasteiger partial charge is 0.257 e. The summed E-state index contributed by atoms with van der Waals surface area (Å²) in [6, 6.07) is 9.35. The second-order valence-corrected chi connectivity index (χ2v) is 6.65. The Hall–Kier alpha value is -3.94. The Morgan fingerprint density at radius 1 is 1.21 bits per heavy atom. The van der Waals surface area contributed by atoms with Gasteiger partial charge in [-0.3, -0.25) is 14.3 Å². The second-order valence-electron chi connectivity index (χ2n) is 6.65. The third-order valence-electron chi connectivity index (χ3n) is 4.88. The fourth-order valence-corrected chi connectivity index (χ4v) is 3.52. The van der Waals surface area contributed by atoms with E-state index in [1.807, 2.05) is 44.2 Å². The number of nitrogens with zero attached hydrogens (tertiary/aromatic N) is 4. The number of rotatable bonds is 3. The van der Waals surface area contributed by atoms with E-state index in [1.54, 1.807) is 23.3 Å². The maximum Gasteiger partial charge on any atom is 0.257 e. The van der Waals surface area contributed by atoms with Gasteiger partial charge in [0.2, 0.25) is 0 Å². The zero-order chi connectivity index (χ0) is 19.3. The van der Waals surface area contributed by atoms with Crippen LogP contribution in [0.15, 0.2) is 53.6 Å². The highest BCUT2D eigenvalue weighted by Gasteiger charge is 2.17. The van der Waals surface area contributed by atoms with Gasteiger partial charge in [0.1, 0.15) is 12.0 Å². The van der Waals surface area contributed by atoms with Gasteiger partial charge in [0.05, 0.1) is 23.6 Å². The Kier molecular flexibility index (Phi) is 3.51. The average Bonchev–Trinajstić information content (AvgIpc) is 3.41. The lowest BCUT2D eigenvalue weighted by atomic mass is 10.1. The van der Waals surface area contributed by atoms with Crippen molar-refractivity contribution in [3.63, 3.8) is 0 Å². The molecular formula is C20H16N6O2. The lowest BCUT2D eigenvalue weighted by Crippen LogP contribution is -2.16.